The van der Waals surface area contributed by atoms with Crippen LogP contribution in [0.5, 0.6) is 0 Å². The number of ether oxygens (including phenoxy) is 1. The Morgan fingerprint density at radius 1 is 1.43 bits per heavy atom. The van der Waals surface area contributed by atoms with Gasteiger partial charge in [0.15, 0.2) is 0 Å². The first kappa shape index (κ1) is 15.3. The van der Waals surface area contributed by atoms with Crippen molar-refractivity contribution in [3.8, 4) is 0 Å². The van der Waals surface area contributed by atoms with Gasteiger partial charge in [0.05, 0.1) is 31.4 Å². The summed E-state index contributed by atoms with van der Waals surface area (Å²) in [6, 6.07) is 1.01. The van der Waals surface area contributed by atoms with Gasteiger partial charge >= 0.3 is 0 Å². The Hall–Kier alpha value is -2.55. The molecule has 1 N–H and O–H groups in total. The number of carbonyl (C=O) groups is 1. The van der Waals surface area contributed by atoms with Crippen LogP contribution >= 0.6 is 0 Å². The number of carbonyl (C=O) groups excluding carboxylic acids is 1. The molecule has 1 fully saturated rings. The van der Waals surface area contributed by atoms with Crippen LogP contribution in [0.25, 0.3) is 0 Å². The monoisotopic (exact) mass is 319 g/mol. The lowest BCUT2D eigenvalue weighted by molar-refractivity contribution is -0.139. The SMILES string of the molecule is Cc1nc([C@@H]2COCCN2C(=O)Cc2nonc2C)cc(=O)[nH]1. The predicted octanol–water partition coefficient (Wildman–Crippen LogP) is -0.0877. The van der Waals surface area contributed by atoms with Crippen LogP contribution in [0.1, 0.15) is 28.9 Å². The van der Waals surface area contributed by atoms with Gasteiger partial charge in [-0.3, -0.25) is 9.59 Å². The van der Waals surface area contributed by atoms with E-state index >= 15 is 0 Å². The van der Waals surface area contributed by atoms with Gasteiger partial charge in [0.1, 0.15) is 17.2 Å². The molecule has 3 rings (SSSR count). The van der Waals surface area contributed by atoms with Gasteiger partial charge < -0.3 is 14.6 Å². The Balaban J connectivity index is 1.85. The highest BCUT2D eigenvalue weighted by Crippen LogP contribution is 2.23. The number of rotatable bonds is 3. The number of hydrogen-bond donors (Lipinski definition) is 1. The summed E-state index contributed by atoms with van der Waals surface area (Å²) in [4.78, 5) is 32.9. The summed E-state index contributed by atoms with van der Waals surface area (Å²) in [7, 11) is 0. The molecule has 0 spiro atoms. The highest BCUT2D eigenvalue weighted by atomic mass is 16.6. The zero-order chi connectivity index (χ0) is 16.4. The van der Waals surface area contributed by atoms with Gasteiger partial charge in [0.2, 0.25) is 5.91 Å². The normalized spacial score (nSPS) is 18.2. The molecule has 3 heterocycles. The quantitative estimate of drug-likeness (QED) is 0.841. The number of H-pyrrole nitrogens is 1. The average molecular weight is 319 g/mol. The molecule has 9 heteroatoms. The average Bonchev–Trinajstić information content (AvgIpc) is 2.91. The Labute approximate surface area is 131 Å². The second-order valence-electron chi connectivity index (χ2n) is 5.41. The van der Waals surface area contributed by atoms with E-state index in [1.165, 1.54) is 6.07 Å². The van der Waals surface area contributed by atoms with E-state index in [4.69, 9.17) is 4.74 Å². The lowest BCUT2D eigenvalue weighted by Crippen LogP contribution is -2.44. The van der Waals surface area contributed by atoms with E-state index < -0.39 is 6.04 Å². The molecule has 2 aromatic rings. The van der Waals surface area contributed by atoms with Crippen LogP contribution in [0.4, 0.5) is 0 Å². The van der Waals surface area contributed by atoms with E-state index in [0.29, 0.717) is 42.7 Å². The minimum atomic E-state index is -0.391. The number of morpholine rings is 1. The van der Waals surface area contributed by atoms with Gasteiger partial charge in [-0.2, -0.15) is 0 Å². The van der Waals surface area contributed by atoms with E-state index in [2.05, 4.69) is 24.9 Å². The molecular weight excluding hydrogens is 302 g/mol. The minimum Gasteiger partial charge on any atom is -0.377 e. The Morgan fingerprint density at radius 2 is 2.26 bits per heavy atom. The number of aromatic nitrogens is 4. The van der Waals surface area contributed by atoms with Crippen molar-refractivity contribution >= 4 is 5.91 Å². The Morgan fingerprint density at radius 3 is 2.96 bits per heavy atom. The maximum absolute atomic E-state index is 12.6. The number of nitrogens with zero attached hydrogens (tertiary/aromatic N) is 4. The molecule has 0 radical (unpaired) electrons. The highest BCUT2D eigenvalue weighted by molar-refractivity contribution is 5.79. The van der Waals surface area contributed by atoms with E-state index in [-0.39, 0.29) is 17.9 Å². The molecule has 1 aliphatic heterocycles. The fourth-order valence-corrected chi connectivity index (χ4v) is 2.58. The lowest BCUT2D eigenvalue weighted by Gasteiger charge is -2.35. The van der Waals surface area contributed by atoms with Crippen LogP contribution in [0.3, 0.4) is 0 Å². The molecule has 0 unspecified atom stereocenters. The van der Waals surface area contributed by atoms with Crippen molar-refractivity contribution in [2.24, 2.45) is 0 Å². The van der Waals surface area contributed by atoms with Crippen molar-refractivity contribution in [2.75, 3.05) is 19.8 Å². The number of nitrogens with one attached hydrogen (secondary N) is 1. The fourth-order valence-electron chi connectivity index (χ4n) is 2.58. The first-order chi connectivity index (χ1) is 11.0. The number of aryl methyl sites for hydroxylation is 2. The van der Waals surface area contributed by atoms with Crippen LogP contribution in [0.2, 0.25) is 0 Å². The summed E-state index contributed by atoms with van der Waals surface area (Å²) < 4.78 is 10.1. The van der Waals surface area contributed by atoms with Crippen molar-refractivity contribution in [1.29, 1.82) is 0 Å². The van der Waals surface area contributed by atoms with Crippen molar-refractivity contribution in [3.05, 3.63) is 39.3 Å². The Bertz CT molecular complexity index is 769. The molecule has 0 aromatic carbocycles. The lowest BCUT2D eigenvalue weighted by atomic mass is 10.1. The molecule has 1 aliphatic rings. The van der Waals surface area contributed by atoms with Gasteiger partial charge in [-0.1, -0.05) is 10.3 Å². The third-order valence-electron chi connectivity index (χ3n) is 3.74. The van der Waals surface area contributed by atoms with Crippen LogP contribution in [-0.4, -0.2) is 50.8 Å². The number of aromatic amines is 1. The zero-order valence-electron chi connectivity index (χ0n) is 12.9. The maximum Gasteiger partial charge on any atom is 0.251 e. The van der Waals surface area contributed by atoms with Crippen LogP contribution in [-0.2, 0) is 16.0 Å². The van der Waals surface area contributed by atoms with Gasteiger partial charge in [0.25, 0.3) is 5.56 Å². The summed E-state index contributed by atoms with van der Waals surface area (Å²) in [5.74, 6) is 0.374. The highest BCUT2D eigenvalue weighted by Gasteiger charge is 2.30. The van der Waals surface area contributed by atoms with Crippen LogP contribution < -0.4 is 5.56 Å². The summed E-state index contributed by atoms with van der Waals surface area (Å²) in [5, 5.41) is 7.42. The maximum atomic E-state index is 12.6. The molecule has 0 aliphatic carbocycles. The summed E-state index contributed by atoms with van der Waals surface area (Å²) in [6.07, 6.45) is 0.0913. The molecule has 9 nitrogen and oxygen atoms in total. The third kappa shape index (κ3) is 3.29. The summed E-state index contributed by atoms with van der Waals surface area (Å²) in [6.45, 7) is 4.61. The van der Waals surface area contributed by atoms with Crippen LogP contribution in [0.15, 0.2) is 15.5 Å². The first-order valence-corrected chi connectivity index (χ1v) is 7.27. The topological polar surface area (TPSA) is 114 Å². The van der Waals surface area contributed by atoms with Crippen molar-refractivity contribution < 1.29 is 14.2 Å². The molecule has 1 saturated heterocycles. The minimum absolute atomic E-state index is 0.0913. The third-order valence-corrected chi connectivity index (χ3v) is 3.74. The predicted molar refractivity (Wildman–Crippen MR) is 77.6 cm³/mol. The fraction of sp³-hybridized carbons (Fsp3) is 0.500. The zero-order valence-corrected chi connectivity index (χ0v) is 12.9. The van der Waals surface area contributed by atoms with Crippen molar-refractivity contribution in [1.82, 2.24) is 25.2 Å². The number of hydrogen-bond acceptors (Lipinski definition) is 7. The second-order valence-corrected chi connectivity index (χ2v) is 5.41. The van der Waals surface area contributed by atoms with Crippen molar-refractivity contribution in [2.45, 2.75) is 26.3 Å². The van der Waals surface area contributed by atoms with Gasteiger partial charge in [-0.15, -0.1) is 0 Å². The summed E-state index contributed by atoms with van der Waals surface area (Å²) >= 11 is 0. The standard InChI is InChI=1S/C14H17N5O4/c1-8-10(18-23-17-8)6-14(21)19-3-4-22-7-12(19)11-5-13(20)16-9(2)15-11/h5,12H,3-4,6-7H2,1-2H3,(H,15,16,20)/t12-/m0/s1. The van der Waals surface area contributed by atoms with Crippen molar-refractivity contribution in [3.63, 3.8) is 0 Å². The molecule has 0 bridgehead atoms. The van der Waals surface area contributed by atoms with E-state index in [1.807, 2.05) is 0 Å². The first-order valence-electron chi connectivity index (χ1n) is 7.27. The molecular formula is C14H17N5O4. The van der Waals surface area contributed by atoms with E-state index in [9.17, 15) is 9.59 Å². The molecule has 122 valence electrons. The smallest absolute Gasteiger partial charge is 0.251 e. The largest absolute Gasteiger partial charge is 0.377 e. The summed E-state index contributed by atoms with van der Waals surface area (Å²) in [5.41, 5.74) is 1.37. The molecule has 2 aromatic heterocycles. The number of amides is 1. The molecule has 23 heavy (non-hydrogen) atoms. The van der Waals surface area contributed by atoms with Gasteiger partial charge in [-0.05, 0) is 13.8 Å². The molecule has 1 amide bonds. The van der Waals surface area contributed by atoms with E-state index in [1.54, 1.807) is 18.7 Å². The molecule has 1 atom stereocenters. The van der Waals surface area contributed by atoms with E-state index in [0.717, 1.165) is 0 Å². The Kier molecular flexibility index (Phi) is 4.20. The van der Waals surface area contributed by atoms with Crippen LogP contribution in [0, 0.1) is 13.8 Å². The van der Waals surface area contributed by atoms with Gasteiger partial charge in [0, 0.05) is 12.6 Å². The molecule has 0 saturated carbocycles. The van der Waals surface area contributed by atoms with Gasteiger partial charge in [-0.25, -0.2) is 9.61 Å². The second kappa shape index (κ2) is 6.29.